The highest BCUT2D eigenvalue weighted by Crippen LogP contribution is 2.32. The highest BCUT2D eigenvalue weighted by atomic mass is 32.2. The first kappa shape index (κ1) is 16.0. The van der Waals surface area contributed by atoms with Gasteiger partial charge in [-0.2, -0.15) is 0 Å². The summed E-state index contributed by atoms with van der Waals surface area (Å²) >= 11 is 1.64. The zero-order chi connectivity index (χ0) is 17.2. The lowest BCUT2D eigenvalue weighted by molar-refractivity contribution is 0.0919. The molecule has 4 aromatic rings. The topological polar surface area (TPSA) is 22.0 Å². The molecule has 3 aromatic carbocycles. The summed E-state index contributed by atoms with van der Waals surface area (Å²) in [7, 11) is 0. The zero-order valence-corrected chi connectivity index (χ0v) is 14.9. The maximum atomic E-state index is 13.4. The molecule has 0 saturated carbocycles. The molecule has 4 rings (SSSR count). The van der Waals surface area contributed by atoms with Crippen LogP contribution in [0.25, 0.3) is 21.8 Å². The van der Waals surface area contributed by atoms with Crippen LogP contribution in [0.4, 0.5) is 0 Å². The van der Waals surface area contributed by atoms with Crippen LogP contribution in [0.5, 0.6) is 0 Å². The fourth-order valence-electron chi connectivity index (χ4n) is 3.28. The Kier molecular flexibility index (Phi) is 4.33. The number of benzene rings is 3. The molecule has 1 unspecified atom stereocenters. The molecule has 0 amide bonds. The van der Waals surface area contributed by atoms with Gasteiger partial charge in [-0.3, -0.25) is 9.36 Å². The second kappa shape index (κ2) is 6.77. The van der Waals surface area contributed by atoms with E-state index in [1.807, 2.05) is 59.2 Å². The van der Waals surface area contributed by atoms with E-state index in [-0.39, 0.29) is 11.2 Å². The van der Waals surface area contributed by atoms with E-state index in [1.165, 1.54) is 0 Å². The summed E-state index contributed by atoms with van der Waals surface area (Å²) in [6.07, 6.45) is 0.791. The molecular formula is C22H19NOS. The third-order valence-corrected chi connectivity index (χ3v) is 5.83. The van der Waals surface area contributed by atoms with E-state index >= 15 is 0 Å². The summed E-state index contributed by atoms with van der Waals surface area (Å²) < 4.78 is 1.90. The van der Waals surface area contributed by atoms with Gasteiger partial charge in [0.2, 0.25) is 5.91 Å². The minimum absolute atomic E-state index is 0.110. The van der Waals surface area contributed by atoms with Gasteiger partial charge in [0, 0.05) is 15.7 Å². The Morgan fingerprint density at radius 2 is 1.36 bits per heavy atom. The lowest BCUT2D eigenvalue weighted by Gasteiger charge is -2.15. The fourth-order valence-corrected chi connectivity index (χ4v) is 4.29. The molecule has 25 heavy (non-hydrogen) atoms. The van der Waals surface area contributed by atoms with E-state index in [1.54, 1.807) is 11.8 Å². The van der Waals surface area contributed by atoms with Crippen molar-refractivity contribution in [2.45, 2.75) is 23.5 Å². The minimum atomic E-state index is -0.110. The molecule has 1 aromatic heterocycles. The Labute approximate surface area is 151 Å². The van der Waals surface area contributed by atoms with Crippen molar-refractivity contribution < 1.29 is 4.79 Å². The molecule has 0 aliphatic carbocycles. The standard InChI is InChI=1S/C22H19NOS/c1-2-21(25-16-10-4-3-5-11-16)22(24)23-19-14-8-6-12-17(19)18-13-7-9-15-20(18)23/h3-15,21H,2H2,1H3. The van der Waals surface area contributed by atoms with Gasteiger partial charge in [-0.15, -0.1) is 11.8 Å². The third-order valence-electron chi connectivity index (χ3n) is 4.47. The summed E-state index contributed by atoms with van der Waals surface area (Å²) in [6.45, 7) is 2.08. The van der Waals surface area contributed by atoms with Crippen molar-refractivity contribution in [3.63, 3.8) is 0 Å². The first-order chi connectivity index (χ1) is 12.3. The molecule has 0 saturated heterocycles. The van der Waals surface area contributed by atoms with E-state index in [9.17, 15) is 4.79 Å². The number of thioether (sulfide) groups is 1. The van der Waals surface area contributed by atoms with Crippen LogP contribution >= 0.6 is 11.8 Å². The molecule has 1 heterocycles. The molecule has 2 nitrogen and oxygen atoms in total. The number of aromatic nitrogens is 1. The van der Waals surface area contributed by atoms with Crippen molar-refractivity contribution in [1.29, 1.82) is 0 Å². The van der Waals surface area contributed by atoms with Gasteiger partial charge >= 0.3 is 0 Å². The first-order valence-electron chi connectivity index (χ1n) is 8.53. The number of fused-ring (bicyclic) bond motifs is 3. The minimum Gasteiger partial charge on any atom is -0.279 e. The van der Waals surface area contributed by atoms with Crippen LogP contribution in [0.3, 0.4) is 0 Å². The predicted molar refractivity (Wildman–Crippen MR) is 106 cm³/mol. The first-order valence-corrected chi connectivity index (χ1v) is 9.41. The van der Waals surface area contributed by atoms with Crippen LogP contribution in [-0.2, 0) is 0 Å². The quantitative estimate of drug-likeness (QED) is 0.423. The zero-order valence-electron chi connectivity index (χ0n) is 14.1. The maximum Gasteiger partial charge on any atom is 0.245 e. The third kappa shape index (κ3) is 2.85. The van der Waals surface area contributed by atoms with Crippen molar-refractivity contribution >= 4 is 39.5 Å². The molecule has 1 atom stereocenters. The average molecular weight is 345 g/mol. The van der Waals surface area contributed by atoms with Gasteiger partial charge in [-0.05, 0) is 30.7 Å². The van der Waals surface area contributed by atoms with E-state index in [2.05, 4.69) is 31.2 Å². The largest absolute Gasteiger partial charge is 0.279 e. The van der Waals surface area contributed by atoms with Crippen molar-refractivity contribution in [3.8, 4) is 0 Å². The van der Waals surface area contributed by atoms with Crippen LogP contribution in [0.2, 0.25) is 0 Å². The van der Waals surface area contributed by atoms with Gasteiger partial charge < -0.3 is 0 Å². The van der Waals surface area contributed by atoms with Gasteiger partial charge in [0.1, 0.15) is 0 Å². The molecule has 0 bridgehead atoms. The Balaban J connectivity index is 1.83. The Hall–Kier alpha value is -2.52. The van der Waals surface area contributed by atoms with Gasteiger partial charge in [0.15, 0.2) is 0 Å². The summed E-state index contributed by atoms with van der Waals surface area (Å²) in [5.74, 6) is 0.147. The average Bonchev–Trinajstić information content (AvgIpc) is 3.01. The fraction of sp³-hybridized carbons (Fsp3) is 0.136. The number of para-hydroxylation sites is 2. The molecule has 0 N–H and O–H groups in total. The second-order valence-electron chi connectivity index (χ2n) is 6.04. The molecular weight excluding hydrogens is 326 g/mol. The molecule has 0 radical (unpaired) electrons. The summed E-state index contributed by atoms with van der Waals surface area (Å²) in [5.41, 5.74) is 1.97. The molecule has 0 fully saturated rings. The number of carbonyl (C=O) groups is 1. The van der Waals surface area contributed by atoms with Crippen LogP contribution < -0.4 is 0 Å². The smallest absolute Gasteiger partial charge is 0.245 e. The highest BCUT2D eigenvalue weighted by molar-refractivity contribution is 8.00. The van der Waals surface area contributed by atoms with Crippen molar-refractivity contribution in [1.82, 2.24) is 4.57 Å². The molecule has 0 aliphatic rings. The normalized spacial score (nSPS) is 12.5. The lowest BCUT2D eigenvalue weighted by atomic mass is 10.2. The monoisotopic (exact) mass is 345 g/mol. The van der Waals surface area contributed by atoms with Crippen LogP contribution in [0.15, 0.2) is 83.8 Å². The van der Waals surface area contributed by atoms with Crippen molar-refractivity contribution in [2.24, 2.45) is 0 Å². The summed E-state index contributed by atoms with van der Waals surface area (Å²) in [5, 5.41) is 2.15. The second-order valence-corrected chi connectivity index (χ2v) is 7.31. The number of carbonyl (C=O) groups excluding carboxylic acids is 1. The van der Waals surface area contributed by atoms with Crippen molar-refractivity contribution in [2.75, 3.05) is 0 Å². The molecule has 0 aliphatic heterocycles. The number of nitrogens with zero attached hydrogens (tertiary/aromatic N) is 1. The van der Waals surface area contributed by atoms with E-state index in [4.69, 9.17) is 0 Å². The number of rotatable bonds is 4. The number of hydrogen-bond donors (Lipinski definition) is 0. The van der Waals surface area contributed by atoms with Gasteiger partial charge in [0.05, 0.1) is 16.3 Å². The summed E-state index contributed by atoms with van der Waals surface area (Å²) in [4.78, 5) is 14.5. The van der Waals surface area contributed by atoms with E-state index in [0.717, 1.165) is 33.1 Å². The summed E-state index contributed by atoms with van der Waals surface area (Å²) in [6, 6.07) is 26.4. The Morgan fingerprint density at radius 1 is 0.840 bits per heavy atom. The van der Waals surface area contributed by atoms with Crippen molar-refractivity contribution in [3.05, 3.63) is 78.9 Å². The Morgan fingerprint density at radius 3 is 1.92 bits per heavy atom. The van der Waals surface area contributed by atoms with E-state index < -0.39 is 0 Å². The maximum absolute atomic E-state index is 13.4. The van der Waals surface area contributed by atoms with Crippen LogP contribution in [-0.4, -0.2) is 15.7 Å². The van der Waals surface area contributed by atoms with Gasteiger partial charge in [0.25, 0.3) is 0 Å². The molecule has 0 spiro atoms. The van der Waals surface area contributed by atoms with E-state index in [0.29, 0.717) is 0 Å². The molecule has 124 valence electrons. The van der Waals surface area contributed by atoms with Gasteiger partial charge in [-0.25, -0.2) is 0 Å². The van der Waals surface area contributed by atoms with Crippen LogP contribution in [0.1, 0.15) is 18.1 Å². The predicted octanol–water partition coefficient (Wildman–Crippen LogP) is 6.01. The highest BCUT2D eigenvalue weighted by Gasteiger charge is 2.23. The SMILES string of the molecule is CCC(Sc1ccccc1)C(=O)n1c2ccccc2c2ccccc21. The lowest BCUT2D eigenvalue weighted by Crippen LogP contribution is -2.23. The molecule has 3 heteroatoms. The van der Waals surface area contributed by atoms with Crippen LogP contribution in [0, 0.1) is 0 Å². The van der Waals surface area contributed by atoms with Gasteiger partial charge in [-0.1, -0.05) is 61.5 Å². The number of hydrogen-bond acceptors (Lipinski definition) is 2. The Bertz CT molecular complexity index is 982.